The number of methoxy groups -OCH3 is 1. The van der Waals surface area contributed by atoms with Gasteiger partial charge in [0, 0.05) is 7.05 Å². The fraction of sp³-hybridized carbons (Fsp3) is 0.636. The van der Waals surface area contributed by atoms with Gasteiger partial charge in [0.2, 0.25) is 5.91 Å². The molecule has 19 heavy (non-hydrogen) atoms. The minimum Gasteiger partial charge on any atom is -0.468 e. The molecule has 8 nitrogen and oxygen atoms in total. The molecule has 106 valence electrons. The van der Waals surface area contributed by atoms with Crippen molar-refractivity contribution in [2.75, 3.05) is 27.2 Å². The van der Waals surface area contributed by atoms with E-state index in [1.807, 2.05) is 0 Å². The van der Waals surface area contributed by atoms with Crippen molar-refractivity contribution >= 4 is 23.8 Å². The Labute approximate surface area is 110 Å². The first kappa shape index (κ1) is 14.9. The van der Waals surface area contributed by atoms with Gasteiger partial charge in [0.05, 0.1) is 7.11 Å². The van der Waals surface area contributed by atoms with E-state index in [-0.39, 0.29) is 6.54 Å². The Kier molecular flexibility index (Phi) is 4.13. The van der Waals surface area contributed by atoms with Crippen molar-refractivity contribution in [1.82, 2.24) is 15.1 Å². The summed E-state index contributed by atoms with van der Waals surface area (Å²) in [7, 11) is 2.60. The van der Waals surface area contributed by atoms with Gasteiger partial charge in [0.1, 0.15) is 18.6 Å². The summed E-state index contributed by atoms with van der Waals surface area (Å²) >= 11 is 0. The van der Waals surface area contributed by atoms with E-state index in [4.69, 9.17) is 0 Å². The summed E-state index contributed by atoms with van der Waals surface area (Å²) < 4.78 is 4.42. The summed E-state index contributed by atoms with van der Waals surface area (Å²) in [6, 6.07) is -0.616. The number of hydrogen-bond acceptors (Lipinski definition) is 5. The predicted octanol–water partition coefficient (Wildman–Crippen LogP) is -1.05. The standard InChI is InChI=1S/C11H17N3O5/c1-11(2)9(17)14(10(18)12-11)5-7(15)13(3)6-8(16)19-4/h5-6H2,1-4H3,(H,12,18). The van der Waals surface area contributed by atoms with E-state index in [1.165, 1.54) is 14.2 Å². The highest BCUT2D eigenvalue weighted by atomic mass is 16.5. The molecular formula is C11H17N3O5. The van der Waals surface area contributed by atoms with Crippen LogP contribution in [0, 0.1) is 0 Å². The van der Waals surface area contributed by atoms with Gasteiger partial charge in [-0.25, -0.2) is 4.79 Å². The molecule has 4 amide bonds. The summed E-state index contributed by atoms with van der Waals surface area (Å²) in [6.07, 6.45) is 0. The molecule has 0 saturated carbocycles. The van der Waals surface area contributed by atoms with E-state index < -0.39 is 35.9 Å². The lowest BCUT2D eigenvalue weighted by Crippen LogP contribution is -2.44. The maximum Gasteiger partial charge on any atom is 0.325 e. The van der Waals surface area contributed by atoms with Gasteiger partial charge in [-0.3, -0.25) is 19.3 Å². The Balaban J connectivity index is 2.65. The molecule has 1 aliphatic rings. The van der Waals surface area contributed by atoms with Crippen LogP contribution in [0.2, 0.25) is 0 Å². The summed E-state index contributed by atoms with van der Waals surface area (Å²) in [4.78, 5) is 48.2. The van der Waals surface area contributed by atoms with Crippen molar-refractivity contribution in [3.05, 3.63) is 0 Å². The highest BCUT2D eigenvalue weighted by molar-refractivity contribution is 6.08. The number of nitrogens with zero attached hydrogens (tertiary/aromatic N) is 2. The number of ether oxygens (including phenoxy) is 1. The molecule has 1 aliphatic heterocycles. The molecule has 0 spiro atoms. The fourth-order valence-corrected chi connectivity index (χ4v) is 1.56. The number of likely N-dealkylation sites (N-methyl/N-ethyl adjacent to an activating group) is 1. The number of carbonyl (C=O) groups excluding carboxylic acids is 4. The molecule has 0 aromatic carbocycles. The molecule has 1 N–H and O–H groups in total. The van der Waals surface area contributed by atoms with Gasteiger partial charge in [0.15, 0.2) is 0 Å². The molecule has 1 saturated heterocycles. The quantitative estimate of drug-likeness (QED) is 0.520. The molecule has 1 fully saturated rings. The molecule has 1 heterocycles. The van der Waals surface area contributed by atoms with Crippen LogP contribution in [0.5, 0.6) is 0 Å². The van der Waals surface area contributed by atoms with Crippen LogP contribution in [0.1, 0.15) is 13.8 Å². The van der Waals surface area contributed by atoms with Crippen LogP contribution in [0.3, 0.4) is 0 Å². The van der Waals surface area contributed by atoms with Crippen LogP contribution in [0.15, 0.2) is 0 Å². The zero-order valence-electron chi connectivity index (χ0n) is 11.3. The maximum absolute atomic E-state index is 11.9. The average molecular weight is 271 g/mol. The fourth-order valence-electron chi connectivity index (χ4n) is 1.56. The van der Waals surface area contributed by atoms with E-state index in [1.54, 1.807) is 13.8 Å². The second-order valence-corrected chi connectivity index (χ2v) is 4.77. The number of amides is 4. The number of rotatable bonds is 4. The lowest BCUT2D eigenvalue weighted by atomic mass is 10.1. The molecule has 8 heteroatoms. The van der Waals surface area contributed by atoms with Crippen LogP contribution >= 0.6 is 0 Å². The molecule has 0 aromatic heterocycles. The summed E-state index contributed by atoms with van der Waals surface area (Å²) in [6.45, 7) is 2.47. The van der Waals surface area contributed by atoms with Crippen molar-refractivity contribution in [3.8, 4) is 0 Å². The van der Waals surface area contributed by atoms with Gasteiger partial charge >= 0.3 is 12.0 Å². The normalized spacial score (nSPS) is 17.2. The molecular weight excluding hydrogens is 254 g/mol. The zero-order chi connectivity index (χ0) is 14.8. The van der Waals surface area contributed by atoms with E-state index in [0.29, 0.717) is 0 Å². The predicted molar refractivity (Wildman–Crippen MR) is 64.0 cm³/mol. The van der Waals surface area contributed by atoms with Gasteiger partial charge in [-0.2, -0.15) is 0 Å². The minimum atomic E-state index is -1.02. The van der Waals surface area contributed by atoms with Gasteiger partial charge in [-0.15, -0.1) is 0 Å². The Morgan fingerprint density at radius 3 is 2.37 bits per heavy atom. The van der Waals surface area contributed by atoms with E-state index in [0.717, 1.165) is 9.80 Å². The van der Waals surface area contributed by atoms with Crippen LogP contribution < -0.4 is 5.32 Å². The summed E-state index contributed by atoms with van der Waals surface area (Å²) in [5.41, 5.74) is -1.02. The maximum atomic E-state index is 11.9. The molecule has 0 aromatic rings. The monoisotopic (exact) mass is 271 g/mol. The first-order chi connectivity index (χ1) is 8.69. The largest absolute Gasteiger partial charge is 0.468 e. The van der Waals surface area contributed by atoms with E-state index in [9.17, 15) is 19.2 Å². The van der Waals surface area contributed by atoms with Gasteiger partial charge < -0.3 is 15.0 Å². The zero-order valence-corrected chi connectivity index (χ0v) is 11.3. The third kappa shape index (κ3) is 3.21. The van der Waals surface area contributed by atoms with Gasteiger partial charge in [-0.05, 0) is 13.8 Å². The topological polar surface area (TPSA) is 96.0 Å². The Bertz CT molecular complexity index is 432. The number of imide groups is 1. The van der Waals surface area contributed by atoms with Crippen LogP contribution in [0.4, 0.5) is 4.79 Å². The molecule has 0 bridgehead atoms. The molecule has 0 unspecified atom stereocenters. The second-order valence-electron chi connectivity index (χ2n) is 4.77. The Morgan fingerprint density at radius 1 is 1.37 bits per heavy atom. The number of carbonyl (C=O) groups is 4. The highest BCUT2D eigenvalue weighted by Gasteiger charge is 2.45. The van der Waals surface area contributed by atoms with Crippen molar-refractivity contribution in [2.24, 2.45) is 0 Å². The third-order valence-corrected chi connectivity index (χ3v) is 2.76. The van der Waals surface area contributed by atoms with Gasteiger partial charge in [0.25, 0.3) is 5.91 Å². The molecule has 0 aliphatic carbocycles. The molecule has 0 radical (unpaired) electrons. The van der Waals surface area contributed by atoms with E-state index in [2.05, 4.69) is 10.1 Å². The van der Waals surface area contributed by atoms with Crippen LogP contribution in [-0.4, -0.2) is 66.4 Å². The van der Waals surface area contributed by atoms with Crippen molar-refractivity contribution < 1.29 is 23.9 Å². The van der Waals surface area contributed by atoms with Crippen LogP contribution in [0.25, 0.3) is 0 Å². The first-order valence-corrected chi connectivity index (χ1v) is 5.64. The molecule has 1 rings (SSSR count). The summed E-state index contributed by atoms with van der Waals surface area (Å²) in [5, 5.41) is 2.46. The smallest absolute Gasteiger partial charge is 0.325 e. The van der Waals surface area contributed by atoms with Crippen molar-refractivity contribution in [2.45, 2.75) is 19.4 Å². The summed E-state index contributed by atoms with van der Waals surface area (Å²) in [5.74, 6) is -1.57. The Morgan fingerprint density at radius 2 is 1.95 bits per heavy atom. The lowest BCUT2D eigenvalue weighted by molar-refractivity contribution is -0.146. The van der Waals surface area contributed by atoms with E-state index >= 15 is 0 Å². The van der Waals surface area contributed by atoms with Gasteiger partial charge in [-0.1, -0.05) is 0 Å². The van der Waals surface area contributed by atoms with Crippen molar-refractivity contribution in [1.29, 1.82) is 0 Å². The number of hydrogen-bond donors (Lipinski definition) is 1. The number of nitrogens with one attached hydrogen (secondary N) is 1. The highest BCUT2D eigenvalue weighted by Crippen LogP contribution is 2.16. The number of esters is 1. The van der Waals surface area contributed by atoms with Crippen molar-refractivity contribution in [3.63, 3.8) is 0 Å². The minimum absolute atomic E-state index is 0.234. The van der Waals surface area contributed by atoms with Crippen LogP contribution in [-0.2, 0) is 19.1 Å². The third-order valence-electron chi connectivity index (χ3n) is 2.76. The second kappa shape index (κ2) is 5.25. The molecule has 0 atom stereocenters. The first-order valence-electron chi connectivity index (χ1n) is 5.64. The lowest BCUT2D eigenvalue weighted by Gasteiger charge is -2.19. The number of urea groups is 1. The SMILES string of the molecule is COC(=O)CN(C)C(=O)CN1C(=O)NC(C)(C)C1=O. The average Bonchev–Trinajstić information content (AvgIpc) is 2.51. The Hall–Kier alpha value is -2.12.